The minimum absolute atomic E-state index is 0.0469. The van der Waals surface area contributed by atoms with Gasteiger partial charge >= 0.3 is 0 Å². The Hall–Kier alpha value is -0.690. The van der Waals surface area contributed by atoms with Crippen LogP contribution in [0, 0.1) is 0 Å². The van der Waals surface area contributed by atoms with Crippen molar-refractivity contribution < 1.29 is 9.84 Å². The van der Waals surface area contributed by atoms with Gasteiger partial charge in [-0.2, -0.15) is 0 Å². The molecule has 0 unspecified atom stereocenters. The summed E-state index contributed by atoms with van der Waals surface area (Å²) >= 11 is 1.58. The third-order valence-electron chi connectivity index (χ3n) is 3.28. The zero-order chi connectivity index (χ0) is 13.0. The molecular formula is C12H21N3O2S. The minimum atomic E-state index is 0.0469. The van der Waals surface area contributed by atoms with Crippen molar-refractivity contribution in [2.75, 3.05) is 44.7 Å². The number of thiazole rings is 1. The number of piperazine rings is 1. The lowest BCUT2D eigenvalue weighted by molar-refractivity contribution is 0.179. The van der Waals surface area contributed by atoms with Gasteiger partial charge in [0.25, 0.3) is 0 Å². The van der Waals surface area contributed by atoms with Crippen molar-refractivity contribution in [2.45, 2.75) is 20.1 Å². The minimum Gasteiger partial charge on any atom is -0.391 e. The molecule has 0 atom stereocenters. The van der Waals surface area contributed by atoms with Crippen LogP contribution in [0.15, 0.2) is 0 Å². The first-order valence-corrected chi connectivity index (χ1v) is 7.15. The highest BCUT2D eigenvalue weighted by atomic mass is 32.1. The monoisotopic (exact) mass is 271 g/mol. The molecule has 1 saturated heterocycles. The summed E-state index contributed by atoms with van der Waals surface area (Å²) in [5.74, 6) is 0. The second-order valence-corrected chi connectivity index (χ2v) is 5.44. The summed E-state index contributed by atoms with van der Waals surface area (Å²) in [7, 11) is 1.65. The Morgan fingerprint density at radius 3 is 2.61 bits per heavy atom. The average Bonchev–Trinajstić information content (AvgIpc) is 2.82. The van der Waals surface area contributed by atoms with Gasteiger partial charge in [0.2, 0.25) is 0 Å². The van der Waals surface area contributed by atoms with Gasteiger partial charge in [-0.15, -0.1) is 0 Å². The summed E-state index contributed by atoms with van der Waals surface area (Å²) in [6.07, 6.45) is 0. The molecule has 2 heterocycles. The number of hydrogen-bond donors (Lipinski definition) is 1. The fourth-order valence-corrected chi connectivity index (χ4v) is 3.11. The van der Waals surface area contributed by atoms with Gasteiger partial charge in [-0.3, -0.25) is 0 Å². The molecule has 0 amide bonds. The number of rotatable bonds is 5. The highest BCUT2D eigenvalue weighted by Gasteiger charge is 2.20. The van der Waals surface area contributed by atoms with E-state index in [0.29, 0.717) is 6.61 Å². The van der Waals surface area contributed by atoms with E-state index in [1.54, 1.807) is 18.4 Å². The number of anilines is 1. The molecule has 0 saturated carbocycles. The van der Waals surface area contributed by atoms with E-state index >= 15 is 0 Å². The van der Waals surface area contributed by atoms with E-state index in [1.165, 1.54) is 0 Å². The van der Waals surface area contributed by atoms with Gasteiger partial charge < -0.3 is 19.6 Å². The molecule has 1 aliphatic rings. The number of aliphatic hydroxyl groups excluding tert-OH is 1. The normalized spacial score (nSPS) is 17.4. The quantitative estimate of drug-likeness (QED) is 0.863. The molecule has 1 fully saturated rings. The summed E-state index contributed by atoms with van der Waals surface area (Å²) in [6.45, 7) is 8.03. The van der Waals surface area contributed by atoms with Gasteiger partial charge in [-0.25, -0.2) is 4.98 Å². The van der Waals surface area contributed by atoms with Crippen molar-refractivity contribution in [1.82, 2.24) is 9.88 Å². The molecule has 1 N–H and O–H groups in total. The molecule has 0 spiro atoms. The third-order valence-corrected chi connectivity index (χ3v) is 4.42. The maximum atomic E-state index is 9.32. The molecule has 2 rings (SSSR count). The SMILES string of the molecule is CCN1CCN(c2nc(COC)c(CO)s2)CC1. The number of methoxy groups -OCH3 is 1. The van der Waals surface area contributed by atoms with Crippen molar-refractivity contribution >= 4 is 16.5 Å². The average molecular weight is 271 g/mol. The Bertz CT molecular complexity index is 375. The second kappa shape index (κ2) is 6.47. The molecule has 5 nitrogen and oxygen atoms in total. The van der Waals surface area contributed by atoms with E-state index in [9.17, 15) is 5.11 Å². The van der Waals surface area contributed by atoms with Crippen molar-refractivity contribution in [2.24, 2.45) is 0 Å². The molecule has 1 aliphatic heterocycles. The van der Waals surface area contributed by atoms with Crippen LogP contribution in [0.2, 0.25) is 0 Å². The predicted molar refractivity (Wildman–Crippen MR) is 73.1 cm³/mol. The van der Waals surface area contributed by atoms with Crippen LogP contribution in [0.25, 0.3) is 0 Å². The Morgan fingerprint density at radius 1 is 1.33 bits per heavy atom. The lowest BCUT2D eigenvalue weighted by Crippen LogP contribution is -2.46. The first-order valence-electron chi connectivity index (χ1n) is 6.34. The molecule has 0 bridgehead atoms. The van der Waals surface area contributed by atoms with E-state index in [4.69, 9.17) is 4.74 Å². The smallest absolute Gasteiger partial charge is 0.186 e. The number of aromatic nitrogens is 1. The maximum Gasteiger partial charge on any atom is 0.186 e. The highest BCUT2D eigenvalue weighted by Crippen LogP contribution is 2.27. The highest BCUT2D eigenvalue weighted by molar-refractivity contribution is 7.15. The van der Waals surface area contributed by atoms with Gasteiger partial charge in [0.05, 0.1) is 23.8 Å². The molecule has 0 aromatic carbocycles. The lowest BCUT2D eigenvalue weighted by Gasteiger charge is -2.33. The summed E-state index contributed by atoms with van der Waals surface area (Å²) in [5.41, 5.74) is 0.873. The summed E-state index contributed by atoms with van der Waals surface area (Å²) in [4.78, 5) is 10.2. The lowest BCUT2D eigenvalue weighted by atomic mass is 10.3. The fraction of sp³-hybridized carbons (Fsp3) is 0.750. The van der Waals surface area contributed by atoms with E-state index in [-0.39, 0.29) is 6.61 Å². The van der Waals surface area contributed by atoms with Crippen molar-refractivity contribution in [3.05, 3.63) is 10.6 Å². The molecule has 18 heavy (non-hydrogen) atoms. The fourth-order valence-electron chi connectivity index (χ4n) is 2.13. The van der Waals surface area contributed by atoms with Crippen LogP contribution in [-0.4, -0.2) is 54.8 Å². The van der Waals surface area contributed by atoms with Crippen molar-refractivity contribution in [3.8, 4) is 0 Å². The molecule has 1 aromatic rings. The zero-order valence-corrected chi connectivity index (χ0v) is 11.9. The molecular weight excluding hydrogens is 250 g/mol. The van der Waals surface area contributed by atoms with E-state index in [2.05, 4.69) is 21.7 Å². The van der Waals surface area contributed by atoms with Gasteiger partial charge in [0.15, 0.2) is 5.13 Å². The summed E-state index contributed by atoms with van der Waals surface area (Å²) < 4.78 is 5.11. The molecule has 102 valence electrons. The van der Waals surface area contributed by atoms with Crippen LogP contribution < -0.4 is 4.90 Å². The third kappa shape index (κ3) is 3.00. The van der Waals surface area contributed by atoms with E-state index in [0.717, 1.165) is 48.4 Å². The van der Waals surface area contributed by atoms with Crippen LogP contribution in [0.4, 0.5) is 5.13 Å². The number of hydrogen-bond acceptors (Lipinski definition) is 6. The Balaban J connectivity index is 2.05. The number of aliphatic hydroxyl groups is 1. The van der Waals surface area contributed by atoms with Crippen LogP contribution in [0.5, 0.6) is 0 Å². The Kier molecular flexibility index (Phi) is 4.94. The second-order valence-electron chi connectivity index (χ2n) is 4.38. The largest absolute Gasteiger partial charge is 0.391 e. The number of nitrogens with zero attached hydrogens (tertiary/aromatic N) is 3. The first kappa shape index (κ1) is 13.7. The maximum absolute atomic E-state index is 9.32. The van der Waals surface area contributed by atoms with Crippen LogP contribution in [0.3, 0.4) is 0 Å². The predicted octanol–water partition coefficient (Wildman–Crippen LogP) is 0.924. The molecule has 6 heteroatoms. The number of likely N-dealkylation sites (N-methyl/N-ethyl adjacent to an activating group) is 1. The first-order chi connectivity index (χ1) is 8.78. The summed E-state index contributed by atoms with van der Waals surface area (Å²) in [6, 6.07) is 0. The van der Waals surface area contributed by atoms with Gasteiger partial charge in [-0.05, 0) is 6.54 Å². The molecule has 0 radical (unpaired) electrons. The summed E-state index contributed by atoms with van der Waals surface area (Å²) in [5, 5.41) is 10.3. The van der Waals surface area contributed by atoms with Crippen LogP contribution in [-0.2, 0) is 18.0 Å². The van der Waals surface area contributed by atoms with Gasteiger partial charge in [-0.1, -0.05) is 18.3 Å². The Labute approximate surface area is 112 Å². The van der Waals surface area contributed by atoms with Gasteiger partial charge in [0.1, 0.15) is 0 Å². The van der Waals surface area contributed by atoms with E-state index < -0.39 is 0 Å². The zero-order valence-electron chi connectivity index (χ0n) is 11.1. The van der Waals surface area contributed by atoms with Crippen LogP contribution in [0.1, 0.15) is 17.5 Å². The van der Waals surface area contributed by atoms with Crippen molar-refractivity contribution in [3.63, 3.8) is 0 Å². The number of ether oxygens (including phenoxy) is 1. The standard InChI is InChI=1S/C12H21N3O2S/c1-3-14-4-6-15(7-5-14)12-13-10(9-17-2)11(8-16)18-12/h16H,3-9H2,1-2H3. The molecule has 0 aliphatic carbocycles. The van der Waals surface area contributed by atoms with E-state index in [1.807, 2.05) is 0 Å². The Morgan fingerprint density at radius 2 is 2.06 bits per heavy atom. The van der Waals surface area contributed by atoms with Crippen LogP contribution >= 0.6 is 11.3 Å². The topological polar surface area (TPSA) is 48.8 Å². The van der Waals surface area contributed by atoms with Gasteiger partial charge in [0, 0.05) is 33.3 Å². The molecule has 1 aromatic heterocycles. The van der Waals surface area contributed by atoms with Crippen molar-refractivity contribution in [1.29, 1.82) is 0 Å².